The lowest BCUT2D eigenvalue weighted by molar-refractivity contribution is -0.188. The van der Waals surface area contributed by atoms with Crippen LogP contribution >= 0.6 is 0 Å². The Morgan fingerprint density at radius 2 is 2.08 bits per heavy atom. The van der Waals surface area contributed by atoms with Crippen LogP contribution in [0.25, 0.3) is 11.4 Å². The van der Waals surface area contributed by atoms with Gasteiger partial charge in [0.1, 0.15) is 0 Å². The van der Waals surface area contributed by atoms with E-state index in [1.807, 2.05) is 0 Å². The summed E-state index contributed by atoms with van der Waals surface area (Å²) < 4.78 is 43.6. The number of likely N-dealkylation sites (tertiary alicyclic amines) is 1. The molecule has 3 heterocycles. The van der Waals surface area contributed by atoms with Gasteiger partial charge in [0.2, 0.25) is 17.6 Å². The van der Waals surface area contributed by atoms with Crippen molar-refractivity contribution in [1.29, 1.82) is 0 Å². The highest BCUT2D eigenvalue weighted by atomic mass is 19.4. The van der Waals surface area contributed by atoms with Gasteiger partial charge in [0.25, 0.3) is 0 Å². The van der Waals surface area contributed by atoms with Gasteiger partial charge in [-0.3, -0.25) is 9.78 Å². The minimum absolute atomic E-state index is 0.0442. The number of carbonyl (C=O) groups excluding carboxylic acids is 1. The third-order valence-corrected chi connectivity index (χ3v) is 4.20. The van der Waals surface area contributed by atoms with E-state index < -0.39 is 12.1 Å². The van der Waals surface area contributed by atoms with Gasteiger partial charge in [-0.15, -0.1) is 0 Å². The van der Waals surface area contributed by atoms with Crippen molar-refractivity contribution >= 4 is 5.91 Å². The molecule has 6 nitrogen and oxygen atoms in total. The number of alkyl halides is 3. The molecule has 2 aromatic rings. The van der Waals surface area contributed by atoms with Gasteiger partial charge in [0.05, 0.1) is 5.92 Å². The SMILES string of the molecule is O=C(CCc1nc(-c2ccncc2)no1)N1CCCC(C(F)(F)F)C1. The van der Waals surface area contributed by atoms with Crippen LogP contribution in [0.1, 0.15) is 25.2 Å². The van der Waals surface area contributed by atoms with Crippen molar-refractivity contribution in [3.05, 3.63) is 30.4 Å². The number of pyridine rings is 1. The molecule has 1 aliphatic heterocycles. The number of carbonyl (C=O) groups is 1. The fourth-order valence-corrected chi connectivity index (χ4v) is 2.82. The Kier molecular flexibility index (Phi) is 5.00. The second-order valence-electron chi connectivity index (χ2n) is 5.97. The maximum absolute atomic E-state index is 12.8. The van der Waals surface area contributed by atoms with Crippen molar-refractivity contribution in [1.82, 2.24) is 20.0 Å². The Hall–Kier alpha value is -2.45. The molecule has 0 radical (unpaired) electrons. The van der Waals surface area contributed by atoms with Crippen LogP contribution in [-0.4, -0.2) is 45.2 Å². The van der Waals surface area contributed by atoms with Gasteiger partial charge in [-0.1, -0.05) is 5.16 Å². The average Bonchev–Trinajstić information content (AvgIpc) is 3.09. The fraction of sp³-hybridized carbons (Fsp3) is 0.500. The summed E-state index contributed by atoms with van der Waals surface area (Å²) in [5, 5.41) is 3.83. The van der Waals surface area contributed by atoms with E-state index in [4.69, 9.17) is 4.52 Å². The predicted octanol–water partition coefficient (Wildman–Crippen LogP) is 2.87. The van der Waals surface area contributed by atoms with E-state index in [2.05, 4.69) is 15.1 Å². The second-order valence-corrected chi connectivity index (χ2v) is 5.97. The number of aromatic nitrogens is 3. The van der Waals surface area contributed by atoms with Crippen LogP contribution < -0.4 is 0 Å². The van der Waals surface area contributed by atoms with Crippen LogP contribution in [0, 0.1) is 5.92 Å². The van der Waals surface area contributed by atoms with Crippen LogP contribution in [0.15, 0.2) is 29.0 Å². The van der Waals surface area contributed by atoms with Gasteiger partial charge in [0.15, 0.2) is 0 Å². The molecule has 1 fully saturated rings. The van der Waals surface area contributed by atoms with Crippen molar-refractivity contribution in [2.45, 2.75) is 31.9 Å². The lowest BCUT2D eigenvalue weighted by Crippen LogP contribution is -2.44. The molecule has 0 spiro atoms. The van der Waals surface area contributed by atoms with E-state index in [0.29, 0.717) is 18.8 Å². The molecule has 2 aromatic heterocycles. The molecule has 0 bridgehead atoms. The van der Waals surface area contributed by atoms with Crippen molar-refractivity contribution in [3.8, 4) is 11.4 Å². The van der Waals surface area contributed by atoms with Gasteiger partial charge in [-0.05, 0) is 25.0 Å². The highest BCUT2D eigenvalue weighted by Crippen LogP contribution is 2.33. The summed E-state index contributed by atoms with van der Waals surface area (Å²) in [5.74, 6) is -1.09. The van der Waals surface area contributed by atoms with Crippen LogP contribution in [-0.2, 0) is 11.2 Å². The Bertz CT molecular complexity index is 718. The van der Waals surface area contributed by atoms with Crippen molar-refractivity contribution in [2.75, 3.05) is 13.1 Å². The average molecular weight is 354 g/mol. The molecule has 0 aliphatic carbocycles. The first-order valence-electron chi connectivity index (χ1n) is 8.01. The second kappa shape index (κ2) is 7.20. The lowest BCUT2D eigenvalue weighted by Gasteiger charge is -2.33. The number of rotatable bonds is 4. The molecule has 1 atom stereocenters. The predicted molar refractivity (Wildman–Crippen MR) is 81.2 cm³/mol. The molecule has 3 rings (SSSR count). The highest BCUT2D eigenvalue weighted by molar-refractivity contribution is 5.76. The zero-order chi connectivity index (χ0) is 17.9. The molecule has 1 saturated heterocycles. The third-order valence-electron chi connectivity index (χ3n) is 4.20. The quantitative estimate of drug-likeness (QED) is 0.844. The smallest absolute Gasteiger partial charge is 0.342 e. The summed E-state index contributed by atoms with van der Waals surface area (Å²) >= 11 is 0. The minimum Gasteiger partial charge on any atom is -0.342 e. The largest absolute Gasteiger partial charge is 0.393 e. The van der Waals surface area contributed by atoms with Gasteiger partial charge >= 0.3 is 6.18 Å². The zero-order valence-corrected chi connectivity index (χ0v) is 13.4. The Balaban J connectivity index is 1.55. The molecule has 9 heteroatoms. The van der Waals surface area contributed by atoms with E-state index in [9.17, 15) is 18.0 Å². The third kappa shape index (κ3) is 4.34. The maximum Gasteiger partial charge on any atom is 0.393 e. The van der Waals surface area contributed by atoms with E-state index >= 15 is 0 Å². The standard InChI is InChI=1S/C16H17F3N4O2/c17-16(18,19)12-2-1-9-23(10-12)14(24)4-3-13-21-15(22-25-13)11-5-7-20-8-6-11/h5-8,12H,1-4,9-10H2. The summed E-state index contributed by atoms with van der Waals surface area (Å²) in [6.45, 7) is 0.0892. The molecule has 1 aliphatic rings. The van der Waals surface area contributed by atoms with Crippen molar-refractivity contribution in [3.63, 3.8) is 0 Å². The topological polar surface area (TPSA) is 72.1 Å². The van der Waals surface area contributed by atoms with Crippen molar-refractivity contribution < 1.29 is 22.5 Å². The van der Waals surface area contributed by atoms with Crippen LogP contribution in [0.2, 0.25) is 0 Å². The van der Waals surface area contributed by atoms with Gasteiger partial charge in [-0.25, -0.2) is 0 Å². The van der Waals surface area contributed by atoms with E-state index in [0.717, 1.165) is 5.56 Å². The summed E-state index contributed by atoms with van der Waals surface area (Å²) in [6, 6.07) is 3.45. The number of hydrogen-bond donors (Lipinski definition) is 0. The molecule has 1 unspecified atom stereocenters. The van der Waals surface area contributed by atoms with Gasteiger partial charge in [0, 0.05) is 43.9 Å². The van der Waals surface area contributed by atoms with Crippen LogP contribution in [0.4, 0.5) is 13.2 Å². The number of amides is 1. The molecule has 25 heavy (non-hydrogen) atoms. The number of piperidine rings is 1. The number of nitrogens with zero attached hydrogens (tertiary/aromatic N) is 4. The van der Waals surface area contributed by atoms with Crippen LogP contribution in [0.3, 0.4) is 0 Å². The summed E-state index contributed by atoms with van der Waals surface area (Å²) in [5.41, 5.74) is 0.736. The monoisotopic (exact) mass is 354 g/mol. The van der Waals surface area contributed by atoms with Gasteiger partial charge in [-0.2, -0.15) is 18.2 Å². The number of halogens is 3. The Labute approximate surface area is 142 Å². The molecule has 134 valence electrons. The Morgan fingerprint density at radius 1 is 1.32 bits per heavy atom. The minimum atomic E-state index is -4.26. The van der Waals surface area contributed by atoms with E-state index in [-0.39, 0.29) is 37.6 Å². The first-order chi connectivity index (χ1) is 11.9. The maximum atomic E-state index is 12.8. The molecule has 0 aromatic carbocycles. The normalized spacial score (nSPS) is 18.4. The molecule has 0 saturated carbocycles. The molecule has 1 amide bonds. The van der Waals surface area contributed by atoms with E-state index in [1.165, 1.54) is 4.90 Å². The molecular formula is C16H17F3N4O2. The highest BCUT2D eigenvalue weighted by Gasteiger charge is 2.42. The molecule has 0 N–H and O–H groups in total. The zero-order valence-electron chi connectivity index (χ0n) is 13.4. The Morgan fingerprint density at radius 3 is 2.80 bits per heavy atom. The summed E-state index contributed by atoms with van der Waals surface area (Å²) in [7, 11) is 0. The van der Waals surface area contributed by atoms with Crippen LogP contribution in [0.5, 0.6) is 0 Å². The van der Waals surface area contributed by atoms with E-state index in [1.54, 1.807) is 24.5 Å². The number of aryl methyl sites for hydroxylation is 1. The molecular weight excluding hydrogens is 337 g/mol. The summed E-state index contributed by atoms with van der Waals surface area (Å²) in [6.07, 6.45) is -0.378. The first-order valence-corrected chi connectivity index (χ1v) is 8.01. The van der Waals surface area contributed by atoms with Crippen molar-refractivity contribution in [2.24, 2.45) is 5.92 Å². The summed E-state index contributed by atoms with van der Waals surface area (Å²) in [4.78, 5) is 21.6. The lowest BCUT2D eigenvalue weighted by atomic mass is 9.97. The van der Waals surface area contributed by atoms with Gasteiger partial charge < -0.3 is 9.42 Å². The first kappa shape index (κ1) is 17.4. The fourth-order valence-electron chi connectivity index (χ4n) is 2.82. The number of hydrogen-bond acceptors (Lipinski definition) is 5.